The molecule has 0 spiro atoms. The van der Waals surface area contributed by atoms with Gasteiger partial charge < -0.3 is 19.1 Å². The number of imide groups is 2. The van der Waals surface area contributed by atoms with Crippen LogP contribution in [-0.2, 0) is 18.4 Å². The number of methoxy groups -OCH3 is 1. The molecule has 4 aliphatic rings. The Balaban J connectivity index is 0.812. The first-order valence-corrected chi connectivity index (χ1v) is 22.0. The van der Waals surface area contributed by atoms with E-state index in [9.17, 15) is 24.4 Å². The summed E-state index contributed by atoms with van der Waals surface area (Å²) in [5.74, 6) is -3.59. The van der Waals surface area contributed by atoms with E-state index in [0.717, 1.165) is 10.5 Å². The number of hydrogen-bond acceptors (Lipinski definition) is 13. The number of nitriles is 1. The lowest BCUT2D eigenvalue weighted by Crippen LogP contribution is -2.61. The molecule has 0 unspecified atom stereocenters. The van der Waals surface area contributed by atoms with E-state index in [1.54, 1.807) is 59.3 Å². The van der Waals surface area contributed by atoms with E-state index in [2.05, 4.69) is 21.5 Å². The second-order valence-corrected chi connectivity index (χ2v) is 16.8. The molecule has 6 heterocycles. The third-order valence-corrected chi connectivity index (χ3v) is 12.7. The van der Waals surface area contributed by atoms with Crippen molar-refractivity contribution in [2.24, 2.45) is 7.05 Å². The lowest BCUT2D eigenvalue weighted by molar-refractivity contribution is -0.129. The van der Waals surface area contributed by atoms with Gasteiger partial charge in [0.2, 0.25) is 5.91 Å². The Bertz CT molecular complexity index is 2810. The Labute approximate surface area is 383 Å². The number of ether oxygens (including phenoxy) is 3. The minimum Gasteiger partial charge on any atom is -0.493 e. The number of pyridine rings is 1. The van der Waals surface area contributed by atoms with Crippen molar-refractivity contribution in [3.8, 4) is 29.1 Å². The van der Waals surface area contributed by atoms with Crippen molar-refractivity contribution in [1.29, 1.82) is 5.26 Å². The van der Waals surface area contributed by atoms with E-state index in [-0.39, 0.29) is 68.1 Å². The van der Waals surface area contributed by atoms with Crippen molar-refractivity contribution in [2.75, 3.05) is 69.3 Å². The topological polar surface area (TPSA) is 179 Å². The highest BCUT2D eigenvalue weighted by Crippen LogP contribution is 2.41. The summed E-state index contributed by atoms with van der Waals surface area (Å²) in [4.78, 5) is 64.4. The van der Waals surface area contributed by atoms with Gasteiger partial charge in [0.15, 0.2) is 28.9 Å². The number of urea groups is 1. The molecule has 348 valence electrons. The molecule has 17 nitrogen and oxygen atoms in total. The number of nitrogens with one attached hydrogen (secondary N) is 1. The second-order valence-electron chi connectivity index (χ2n) is 16.8. The molecule has 5 amide bonds. The van der Waals surface area contributed by atoms with Crippen LogP contribution in [0.2, 0.25) is 0 Å². The number of likely N-dealkylation sites (tertiary alicyclic amines) is 1. The number of rotatable bonds is 13. The van der Waals surface area contributed by atoms with Gasteiger partial charge in [0.25, 0.3) is 17.7 Å². The number of hydrogen-bond donors (Lipinski definition) is 1. The number of anilines is 2. The first-order valence-electron chi connectivity index (χ1n) is 22.0. The van der Waals surface area contributed by atoms with Crippen LogP contribution in [0.4, 0.5) is 29.6 Å². The summed E-state index contributed by atoms with van der Waals surface area (Å²) in [5.41, 5.74) is 2.09. The molecule has 5 aromatic rings. The average Bonchev–Trinajstić information content (AvgIpc) is 3.76. The molecule has 3 aromatic carbocycles. The summed E-state index contributed by atoms with van der Waals surface area (Å²) in [7, 11) is 3.15. The van der Waals surface area contributed by atoms with Crippen LogP contribution >= 0.6 is 0 Å². The molecular weight excluding hydrogens is 874 g/mol. The number of carbonyl (C=O) groups is 4. The lowest BCUT2D eigenvalue weighted by Gasteiger charge is -2.46. The Kier molecular flexibility index (Phi) is 12.2. The molecule has 3 fully saturated rings. The average molecular weight is 921 g/mol. The molecule has 1 N–H and O–H groups in total. The van der Waals surface area contributed by atoms with Gasteiger partial charge >= 0.3 is 6.03 Å². The molecule has 0 bridgehead atoms. The fraction of sp³-hybridized carbons (Fsp3) is 0.383. The summed E-state index contributed by atoms with van der Waals surface area (Å²) in [6.45, 7) is 3.69. The molecule has 2 aromatic heterocycles. The maximum absolute atomic E-state index is 16.0. The third-order valence-electron chi connectivity index (χ3n) is 12.7. The molecule has 0 aliphatic carbocycles. The van der Waals surface area contributed by atoms with Crippen LogP contribution in [0.5, 0.6) is 23.0 Å². The highest BCUT2D eigenvalue weighted by Gasteiger charge is 2.49. The van der Waals surface area contributed by atoms with Crippen molar-refractivity contribution in [3.63, 3.8) is 0 Å². The normalized spacial score (nSPS) is 19.4. The van der Waals surface area contributed by atoms with Crippen LogP contribution in [0.15, 0.2) is 66.9 Å². The highest BCUT2D eigenvalue weighted by molar-refractivity contribution is 6.23. The fourth-order valence-electron chi connectivity index (χ4n) is 9.48. The van der Waals surface area contributed by atoms with E-state index >= 15 is 13.2 Å². The number of alkyl halides is 2. The Morgan fingerprint density at radius 1 is 0.925 bits per heavy atom. The predicted molar refractivity (Wildman–Crippen MR) is 237 cm³/mol. The highest BCUT2D eigenvalue weighted by atomic mass is 19.3. The van der Waals surface area contributed by atoms with Gasteiger partial charge in [0.1, 0.15) is 11.6 Å². The number of fused-ring (bicyclic) bond motifs is 2. The van der Waals surface area contributed by atoms with Crippen molar-refractivity contribution in [3.05, 3.63) is 94.9 Å². The molecule has 4 aliphatic heterocycles. The zero-order valence-corrected chi connectivity index (χ0v) is 37.0. The summed E-state index contributed by atoms with van der Waals surface area (Å²) >= 11 is 0. The lowest BCUT2D eigenvalue weighted by atomic mass is 9.97. The Morgan fingerprint density at radius 3 is 2.40 bits per heavy atom. The summed E-state index contributed by atoms with van der Waals surface area (Å²) in [5, 5.41) is 16.8. The molecule has 20 heteroatoms. The number of halogens is 3. The van der Waals surface area contributed by atoms with Gasteiger partial charge in [-0.15, -0.1) is 0 Å². The van der Waals surface area contributed by atoms with Gasteiger partial charge in [0, 0.05) is 76.9 Å². The monoisotopic (exact) mass is 920 g/mol. The van der Waals surface area contributed by atoms with Crippen LogP contribution in [-0.4, -0.2) is 125 Å². The Morgan fingerprint density at radius 2 is 1.70 bits per heavy atom. The van der Waals surface area contributed by atoms with E-state index in [4.69, 9.17) is 14.2 Å². The maximum atomic E-state index is 16.0. The van der Waals surface area contributed by atoms with E-state index < -0.39 is 54.1 Å². The van der Waals surface area contributed by atoms with Gasteiger partial charge in [-0.25, -0.2) is 22.9 Å². The molecule has 3 saturated heterocycles. The number of benzene rings is 3. The Hall–Kier alpha value is -7.24. The molecule has 9 rings (SSSR count). The van der Waals surface area contributed by atoms with Crippen LogP contribution < -0.4 is 29.3 Å². The SMILES string of the molecule is CCOc1cc([C@@H](CC#N)N2C(=O)c3ccnc(N4CCN([C@H]5CCN(Cc6ccc(Oc7cc8c(cc7F)c(N7CCC(=O)NC7=O)nn8C)cc6)CC5(F)F)CC4)c3C2=O)ccc1OC. The minimum atomic E-state index is -3.03. The number of nitrogens with zero attached hydrogens (tertiary/aromatic N) is 9. The van der Waals surface area contributed by atoms with Gasteiger partial charge in [-0.2, -0.15) is 10.4 Å². The molecule has 0 radical (unpaired) electrons. The fourth-order valence-corrected chi connectivity index (χ4v) is 9.48. The van der Waals surface area contributed by atoms with Crippen molar-refractivity contribution in [1.82, 2.24) is 34.8 Å². The molecule has 67 heavy (non-hydrogen) atoms. The zero-order valence-electron chi connectivity index (χ0n) is 37.0. The molecule has 0 saturated carbocycles. The third kappa shape index (κ3) is 8.55. The standard InChI is InChI=1S/C47H47F3N10O7/c1-4-66-38-23-29(7-10-36(38)65-3)34(11-15-51)60-44(62)31-12-16-52-43(41(31)45(60)63)58-21-19-57(20-22-58)39-13-17-56(27-47(39,49)50)26-28-5-8-30(9-6-28)67-37-25-35-32(24-33(37)48)42(54-55(35)2)59-18-14-40(61)53-46(59)64/h5-10,12,16,23-25,34,39H,4,11,13-14,17-22,26-27H2,1-3H3,(H,53,61,64)/t34-,39+/m1/s1. The van der Waals surface area contributed by atoms with Crippen molar-refractivity contribution < 1.29 is 46.6 Å². The van der Waals surface area contributed by atoms with Gasteiger partial charge in [-0.05, 0) is 60.9 Å². The first kappa shape index (κ1) is 44.9. The van der Waals surface area contributed by atoms with Crippen molar-refractivity contribution >= 4 is 46.3 Å². The van der Waals surface area contributed by atoms with Crippen LogP contribution in [0, 0.1) is 17.1 Å². The maximum Gasteiger partial charge on any atom is 0.329 e. The number of aryl methyl sites for hydroxylation is 1. The smallest absolute Gasteiger partial charge is 0.329 e. The first-order chi connectivity index (χ1) is 32.3. The second kappa shape index (κ2) is 18.2. The number of amides is 5. The number of piperazine rings is 1. The minimum absolute atomic E-state index is 0.0716. The number of aromatic nitrogens is 3. The predicted octanol–water partition coefficient (Wildman–Crippen LogP) is 6.04. The van der Waals surface area contributed by atoms with E-state index in [1.165, 1.54) is 41.1 Å². The van der Waals surface area contributed by atoms with Gasteiger partial charge in [0.05, 0.1) is 61.5 Å². The van der Waals surface area contributed by atoms with Gasteiger partial charge in [-0.3, -0.25) is 44.0 Å². The quantitative estimate of drug-likeness (QED) is 0.135. The van der Waals surface area contributed by atoms with Gasteiger partial charge in [-0.1, -0.05) is 18.2 Å². The zero-order chi connectivity index (χ0) is 47.1. The van der Waals surface area contributed by atoms with Crippen LogP contribution in [0.3, 0.4) is 0 Å². The molecular formula is C47H47F3N10O7. The van der Waals surface area contributed by atoms with Crippen LogP contribution in [0.1, 0.15) is 64.1 Å². The summed E-state index contributed by atoms with van der Waals surface area (Å²) < 4.78 is 66.0. The van der Waals surface area contributed by atoms with E-state index in [1.807, 2.05) is 11.8 Å². The molecule has 2 atom stereocenters. The largest absolute Gasteiger partial charge is 0.493 e. The number of piperidine rings is 1. The van der Waals surface area contributed by atoms with Crippen LogP contribution in [0.25, 0.3) is 10.9 Å². The van der Waals surface area contributed by atoms with E-state index in [0.29, 0.717) is 65.8 Å². The van der Waals surface area contributed by atoms with Crippen molar-refractivity contribution in [2.45, 2.75) is 50.7 Å². The summed E-state index contributed by atoms with van der Waals surface area (Å²) in [6, 6.07) is 15.6. The summed E-state index contributed by atoms with van der Waals surface area (Å²) in [6.07, 6.45) is 1.62. The number of carbonyl (C=O) groups excluding carboxylic acids is 4.